The van der Waals surface area contributed by atoms with Crippen molar-refractivity contribution >= 4 is 17.3 Å². The van der Waals surface area contributed by atoms with E-state index in [1.54, 1.807) is 12.3 Å². The molecule has 3 N–H and O–H groups in total. The molecule has 0 saturated carbocycles. The summed E-state index contributed by atoms with van der Waals surface area (Å²) < 4.78 is 0. The van der Waals surface area contributed by atoms with Crippen LogP contribution in [0.2, 0.25) is 0 Å². The summed E-state index contributed by atoms with van der Waals surface area (Å²) in [4.78, 5) is 15.0. The molecule has 0 bridgehead atoms. The lowest BCUT2D eigenvalue weighted by atomic mass is 10.2. The van der Waals surface area contributed by atoms with Gasteiger partial charge in [0.2, 0.25) is 0 Å². The van der Waals surface area contributed by atoms with E-state index in [-0.39, 0.29) is 0 Å². The number of hydrogen-bond acceptors (Lipinski definition) is 3. The third kappa shape index (κ3) is 2.17. The van der Waals surface area contributed by atoms with E-state index >= 15 is 0 Å². The first-order valence-electron chi connectivity index (χ1n) is 4.83. The third-order valence-corrected chi connectivity index (χ3v) is 2.14. The molecule has 1 heterocycles. The molecule has 0 aliphatic heterocycles. The van der Waals surface area contributed by atoms with Crippen molar-refractivity contribution in [2.24, 2.45) is 5.73 Å². The summed E-state index contributed by atoms with van der Waals surface area (Å²) in [5, 5.41) is 3.11. The predicted octanol–water partition coefficient (Wildman–Crippen LogP) is 1.92. The van der Waals surface area contributed by atoms with Crippen LogP contribution >= 0.6 is 0 Å². The SMILES string of the molecule is NC(=O)c1cnccc1Nc1ccccc1. The van der Waals surface area contributed by atoms with Crippen LogP contribution in [0.5, 0.6) is 0 Å². The van der Waals surface area contributed by atoms with Gasteiger partial charge in [-0.2, -0.15) is 0 Å². The van der Waals surface area contributed by atoms with Gasteiger partial charge in [-0.05, 0) is 18.2 Å². The van der Waals surface area contributed by atoms with Crippen molar-refractivity contribution in [3.05, 3.63) is 54.4 Å². The van der Waals surface area contributed by atoms with E-state index in [0.29, 0.717) is 11.3 Å². The van der Waals surface area contributed by atoms with Crippen LogP contribution in [0.1, 0.15) is 10.4 Å². The standard InChI is InChI=1S/C12H11N3O/c13-12(16)10-8-14-7-6-11(10)15-9-4-2-1-3-5-9/h1-8H,(H2,13,16)(H,14,15). The number of nitrogens with one attached hydrogen (secondary N) is 1. The topological polar surface area (TPSA) is 68.0 Å². The minimum atomic E-state index is -0.494. The maximum absolute atomic E-state index is 11.2. The smallest absolute Gasteiger partial charge is 0.252 e. The molecule has 1 aromatic carbocycles. The number of carbonyl (C=O) groups is 1. The van der Waals surface area contributed by atoms with Crippen molar-refractivity contribution in [2.45, 2.75) is 0 Å². The molecule has 4 heteroatoms. The van der Waals surface area contributed by atoms with Crippen LogP contribution < -0.4 is 11.1 Å². The minimum Gasteiger partial charge on any atom is -0.365 e. The quantitative estimate of drug-likeness (QED) is 0.818. The van der Waals surface area contributed by atoms with Crippen molar-refractivity contribution < 1.29 is 4.79 Å². The Morgan fingerprint density at radius 2 is 1.94 bits per heavy atom. The number of aromatic nitrogens is 1. The van der Waals surface area contributed by atoms with Crippen LogP contribution in [0.15, 0.2) is 48.8 Å². The van der Waals surface area contributed by atoms with Crippen LogP contribution in [-0.4, -0.2) is 10.9 Å². The molecule has 1 aromatic heterocycles. The number of amides is 1. The highest BCUT2D eigenvalue weighted by atomic mass is 16.1. The van der Waals surface area contributed by atoms with Crippen molar-refractivity contribution in [1.29, 1.82) is 0 Å². The highest BCUT2D eigenvalue weighted by Crippen LogP contribution is 2.18. The molecule has 0 radical (unpaired) electrons. The molecule has 80 valence electrons. The Morgan fingerprint density at radius 3 is 2.62 bits per heavy atom. The molecular weight excluding hydrogens is 202 g/mol. The molecule has 2 aromatic rings. The summed E-state index contributed by atoms with van der Waals surface area (Å²) in [6.45, 7) is 0. The summed E-state index contributed by atoms with van der Waals surface area (Å²) in [6, 6.07) is 11.3. The second kappa shape index (κ2) is 4.44. The van der Waals surface area contributed by atoms with Crippen LogP contribution in [0.4, 0.5) is 11.4 Å². The number of anilines is 2. The summed E-state index contributed by atoms with van der Waals surface area (Å²) in [7, 11) is 0. The number of hydrogen-bond donors (Lipinski definition) is 2. The first-order chi connectivity index (χ1) is 7.77. The molecule has 16 heavy (non-hydrogen) atoms. The Morgan fingerprint density at radius 1 is 1.19 bits per heavy atom. The van der Waals surface area contributed by atoms with Crippen molar-refractivity contribution in [1.82, 2.24) is 4.98 Å². The average molecular weight is 213 g/mol. The molecule has 1 amide bonds. The van der Waals surface area contributed by atoms with E-state index in [0.717, 1.165) is 5.69 Å². The lowest BCUT2D eigenvalue weighted by Crippen LogP contribution is -2.13. The van der Waals surface area contributed by atoms with Crippen molar-refractivity contribution in [3.8, 4) is 0 Å². The number of primary amides is 1. The lowest BCUT2D eigenvalue weighted by Gasteiger charge is -2.08. The number of pyridine rings is 1. The van der Waals surface area contributed by atoms with Gasteiger partial charge in [0.1, 0.15) is 0 Å². The Labute approximate surface area is 93.1 Å². The summed E-state index contributed by atoms with van der Waals surface area (Å²) in [5.41, 5.74) is 7.19. The van der Waals surface area contributed by atoms with E-state index in [9.17, 15) is 4.79 Å². The van der Waals surface area contributed by atoms with Gasteiger partial charge < -0.3 is 11.1 Å². The number of nitrogens with zero attached hydrogens (tertiary/aromatic N) is 1. The van der Waals surface area contributed by atoms with Crippen LogP contribution in [0, 0.1) is 0 Å². The van der Waals surface area contributed by atoms with Crippen molar-refractivity contribution in [2.75, 3.05) is 5.32 Å². The number of rotatable bonds is 3. The maximum atomic E-state index is 11.2. The predicted molar refractivity (Wildman–Crippen MR) is 62.5 cm³/mol. The largest absolute Gasteiger partial charge is 0.365 e. The molecule has 0 saturated heterocycles. The second-order valence-electron chi connectivity index (χ2n) is 3.28. The van der Waals surface area contributed by atoms with Crippen LogP contribution in [-0.2, 0) is 0 Å². The van der Waals surface area contributed by atoms with Gasteiger partial charge in [-0.15, -0.1) is 0 Å². The van der Waals surface area contributed by atoms with Gasteiger partial charge in [0.25, 0.3) is 5.91 Å². The first-order valence-corrected chi connectivity index (χ1v) is 4.83. The first kappa shape index (κ1) is 10.2. The molecule has 2 rings (SSSR count). The second-order valence-corrected chi connectivity index (χ2v) is 3.28. The fourth-order valence-electron chi connectivity index (χ4n) is 1.38. The molecule has 0 atom stereocenters. The maximum Gasteiger partial charge on any atom is 0.252 e. The highest BCUT2D eigenvalue weighted by molar-refractivity contribution is 5.98. The summed E-state index contributed by atoms with van der Waals surface area (Å²) in [5.74, 6) is -0.494. The van der Waals surface area contributed by atoms with Crippen LogP contribution in [0.3, 0.4) is 0 Å². The Bertz CT molecular complexity index is 497. The van der Waals surface area contributed by atoms with E-state index < -0.39 is 5.91 Å². The molecule has 0 spiro atoms. The van der Waals surface area contributed by atoms with Crippen LogP contribution in [0.25, 0.3) is 0 Å². The van der Waals surface area contributed by atoms with Gasteiger partial charge in [0.05, 0.1) is 11.3 Å². The van der Waals surface area contributed by atoms with Gasteiger partial charge in [0, 0.05) is 18.1 Å². The molecule has 0 aliphatic rings. The Balaban J connectivity index is 2.31. The zero-order valence-electron chi connectivity index (χ0n) is 8.55. The fourth-order valence-corrected chi connectivity index (χ4v) is 1.38. The average Bonchev–Trinajstić information content (AvgIpc) is 2.31. The van der Waals surface area contributed by atoms with Gasteiger partial charge in [-0.25, -0.2) is 0 Å². The minimum absolute atomic E-state index is 0.381. The normalized spacial score (nSPS) is 9.75. The monoisotopic (exact) mass is 213 g/mol. The van der Waals surface area contributed by atoms with E-state index in [1.165, 1.54) is 6.20 Å². The van der Waals surface area contributed by atoms with Gasteiger partial charge >= 0.3 is 0 Å². The van der Waals surface area contributed by atoms with E-state index in [1.807, 2.05) is 30.3 Å². The van der Waals surface area contributed by atoms with Gasteiger partial charge in [0.15, 0.2) is 0 Å². The number of benzene rings is 1. The molecule has 0 aliphatic carbocycles. The number of carbonyl (C=O) groups excluding carboxylic acids is 1. The molecule has 0 unspecified atom stereocenters. The van der Waals surface area contributed by atoms with Gasteiger partial charge in [-0.3, -0.25) is 9.78 Å². The molecular formula is C12H11N3O. The molecule has 4 nitrogen and oxygen atoms in total. The zero-order chi connectivity index (χ0) is 11.4. The summed E-state index contributed by atoms with van der Waals surface area (Å²) >= 11 is 0. The highest BCUT2D eigenvalue weighted by Gasteiger charge is 2.07. The Kier molecular flexibility index (Phi) is 2.82. The number of para-hydroxylation sites is 1. The van der Waals surface area contributed by atoms with E-state index in [4.69, 9.17) is 5.73 Å². The summed E-state index contributed by atoms with van der Waals surface area (Å²) in [6.07, 6.45) is 3.06. The number of nitrogens with two attached hydrogens (primary N) is 1. The zero-order valence-corrected chi connectivity index (χ0v) is 8.55. The van der Waals surface area contributed by atoms with Crippen molar-refractivity contribution in [3.63, 3.8) is 0 Å². The lowest BCUT2D eigenvalue weighted by molar-refractivity contribution is 0.100. The van der Waals surface area contributed by atoms with Gasteiger partial charge in [-0.1, -0.05) is 18.2 Å². The molecule has 0 fully saturated rings. The van der Waals surface area contributed by atoms with E-state index in [2.05, 4.69) is 10.3 Å². The fraction of sp³-hybridized carbons (Fsp3) is 0. The third-order valence-electron chi connectivity index (χ3n) is 2.14. The Hall–Kier alpha value is -2.36.